The molecule has 3 heteroatoms. The molecule has 0 aliphatic carbocycles. The molecule has 14 heavy (non-hydrogen) atoms. The Labute approximate surface area is 86.7 Å². The van der Waals surface area contributed by atoms with Crippen molar-refractivity contribution in [2.45, 2.75) is 38.7 Å². The fourth-order valence-corrected chi connectivity index (χ4v) is 1.29. The topological polar surface area (TPSA) is 31.0 Å². The second-order valence-corrected chi connectivity index (χ2v) is 3.64. The molecule has 0 bridgehead atoms. The van der Waals surface area contributed by atoms with Crippen LogP contribution in [0.15, 0.2) is 0 Å². The lowest BCUT2D eigenvalue weighted by Crippen LogP contribution is -2.02. The quantitative estimate of drug-likeness (QED) is 0.401. The molecule has 3 nitrogen and oxygen atoms in total. The summed E-state index contributed by atoms with van der Waals surface area (Å²) in [6.45, 7) is 6.35. The minimum atomic E-state index is 0.410. The van der Waals surface area contributed by atoms with E-state index in [2.05, 4.69) is 0 Å². The number of unbranched alkanes of at least 4 members (excludes halogenated alkanes) is 3. The van der Waals surface area contributed by atoms with E-state index in [-0.39, 0.29) is 0 Å². The second-order valence-electron chi connectivity index (χ2n) is 3.64. The molecule has 1 heterocycles. The Morgan fingerprint density at radius 3 is 2.29 bits per heavy atom. The third-order valence-electron chi connectivity index (χ3n) is 2.24. The van der Waals surface area contributed by atoms with Gasteiger partial charge in [0, 0.05) is 19.8 Å². The molecule has 1 fully saturated rings. The van der Waals surface area contributed by atoms with E-state index in [1.165, 1.54) is 25.7 Å². The number of rotatable bonds is 10. The fraction of sp³-hybridized carbons (Fsp3) is 1.00. The van der Waals surface area contributed by atoms with Crippen molar-refractivity contribution in [1.82, 2.24) is 0 Å². The van der Waals surface area contributed by atoms with Crippen molar-refractivity contribution in [2.24, 2.45) is 0 Å². The molecular formula is C11H22O3. The van der Waals surface area contributed by atoms with E-state index in [1.807, 2.05) is 6.92 Å². The summed E-state index contributed by atoms with van der Waals surface area (Å²) in [4.78, 5) is 0. The molecule has 0 aromatic rings. The summed E-state index contributed by atoms with van der Waals surface area (Å²) in [5, 5.41) is 0. The summed E-state index contributed by atoms with van der Waals surface area (Å²) in [6, 6.07) is 0. The minimum Gasteiger partial charge on any atom is -0.382 e. The Morgan fingerprint density at radius 2 is 1.71 bits per heavy atom. The molecule has 1 aliphatic rings. The molecular weight excluding hydrogens is 180 g/mol. The molecule has 1 unspecified atom stereocenters. The van der Waals surface area contributed by atoms with E-state index in [0.29, 0.717) is 6.10 Å². The average Bonchev–Trinajstić information content (AvgIpc) is 2.99. The van der Waals surface area contributed by atoms with Crippen molar-refractivity contribution in [3.63, 3.8) is 0 Å². The van der Waals surface area contributed by atoms with Crippen molar-refractivity contribution in [3.05, 3.63) is 0 Å². The maximum atomic E-state index is 5.43. The van der Waals surface area contributed by atoms with E-state index in [1.54, 1.807) is 0 Å². The maximum absolute atomic E-state index is 5.43. The van der Waals surface area contributed by atoms with Crippen LogP contribution in [0, 0.1) is 0 Å². The standard InChI is InChI=1S/C11H22O3/c1-2-12-7-5-3-4-6-8-13-9-11-10-14-11/h11H,2-10H2,1H3. The fourth-order valence-electron chi connectivity index (χ4n) is 1.29. The van der Waals surface area contributed by atoms with Gasteiger partial charge in [-0.25, -0.2) is 0 Å². The van der Waals surface area contributed by atoms with Crippen LogP contribution in [0.5, 0.6) is 0 Å². The van der Waals surface area contributed by atoms with Gasteiger partial charge in [-0.15, -0.1) is 0 Å². The van der Waals surface area contributed by atoms with E-state index >= 15 is 0 Å². The highest BCUT2D eigenvalue weighted by Gasteiger charge is 2.21. The highest BCUT2D eigenvalue weighted by atomic mass is 16.6. The number of ether oxygens (including phenoxy) is 3. The lowest BCUT2D eigenvalue weighted by molar-refractivity contribution is 0.111. The molecule has 0 amide bonds. The zero-order chi connectivity index (χ0) is 10.1. The van der Waals surface area contributed by atoms with Gasteiger partial charge in [-0.2, -0.15) is 0 Å². The Kier molecular flexibility index (Phi) is 7.01. The molecule has 1 saturated heterocycles. The van der Waals surface area contributed by atoms with Gasteiger partial charge in [-0.1, -0.05) is 12.8 Å². The third-order valence-corrected chi connectivity index (χ3v) is 2.24. The van der Waals surface area contributed by atoms with Crippen LogP contribution in [-0.2, 0) is 14.2 Å². The summed E-state index contributed by atoms with van der Waals surface area (Å²) in [5.74, 6) is 0. The van der Waals surface area contributed by atoms with Crippen molar-refractivity contribution in [2.75, 3.05) is 33.0 Å². The predicted molar refractivity (Wildman–Crippen MR) is 55.5 cm³/mol. The summed E-state index contributed by atoms with van der Waals surface area (Å²) in [7, 11) is 0. The van der Waals surface area contributed by atoms with Crippen LogP contribution in [0.1, 0.15) is 32.6 Å². The largest absolute Gasteiger partial charge is 0.382 e. The maximum Gasteiger partial charge on any atom is 0.104 e. The Balaban J connectivity index is 1.63. The number of epoxide rings is 1. The van der Waals surface area contributed by atoms with E-state index in [0.717, 1.165) is 33.0 Å². The van der Waals surface area contributed by atoms with Crippen LogP contribution in [0.2, 0.25) is 0 Å². The smallest absolute Gasteiger partial charge is 0.104 e. The Morgan fingerprint density at radius 1 is 1.07 bits per heavy atom. The van der Waals surface area contributed by atoms with Gasteiger partial charge in [0.05, 0.1) is 13.2 Å². The summed E-state index contributed by atoms with van der Waals surface area (Å²) in [6.07, 6.45) is 5.26. The molecule has 0 spiro atoms. The first-order valence-corrected chi connectivity index (χ1v) is 5.70. The Hall–Kier alpha value is -0.120. The van der Waals surface area contributed by atoms with E-state index in [9.17, 15) is 0 Å². The normalized spacial score (nSPS) is 19.9. The van der Waals surface area contributed by atoms with E-state index < -0.39 is 0 Å². The minimum absolute atomic E-state index is 0.410. The first-order chi connectivity index (χ1) is 6.93. The molecule has 0 N–H and O–H groups in total. The van der Waals surface area contributed by atoms with Crippen molar-refractivity contribution >= 4 is 0 Å². The molecule has 84 valence electrons. The van der Waals surface area contributed by atoms with Gasteiger partial charge in [0.15, 0.2) is 0 Å². The molecule has 0 aromatic carbocycles. The Bertz CT molecular complexity index is 124. The highest BCUT2D eigenvalue weighted by molar-refractivity contribution is 4.66. The van der Waals surface area contributed by atoms with Gasteiger partial charge in [0.2, 0.25) is 0 Å². The van der Waals surface area contributed by atoms with Gasteiger partial charge in [0.25, 0.3) is 0 Å². The third kappa shape index (κ3) is 7.30. The molecule has 1 atom stereocenters. The van der Waals surface area contributed by atoms with Gasteiger partial charge in [0.1, 0.15) is 6.10 Å². The van der Waals surface area contributed by atoms with Gasteiger partial charge >= 0.3 is 0 Å². The van der Waals surface area contributed by atoms with Crippen molar-refractivity contribution in [1.29, 1.82) is 0 Å². The van der Waals surface area contributed by atoms with Gasteiger partial charge in [-0.05, 0) is 19.8 Å². The lowest BCUT2D eigenvalue weighted by Gasteiger charge is -2.02. The van der Waals surface area contributed by atoms with Crippen LogP contribution in [0.4, 0.5) is 0 Å². The average molecular weight is 202 g/mol. The van der Waals surface area contributed by atoms with Crippen LogP contribution in [0.3, 0.4) is 0 Å². The number of hydrogen-bond donors (Lipinski definition) is 0. The van der Waals surface area contributed by atoms with E-state index in [4.69, 9.17) is 14.2 Å². The van der Waals surface area contributed by atoms with Gasteiger partial charge in [-0.3, -0.25) is 0 Å². The zero-order valence-electron chi connectivity index (χ0n) is 9.17. The molecule has 0 saturated carbocycles. The second kappa shape index (κ2) is 8.21. The predicted octanol–water partition coefficient (Wildman–Crippen LogP) is 2.00. The van der Waals surface area contributed by atoms with Gasteiger partial charge < -0.3 is 14.2 Å². The molecule has 1 rings (SSSR count). The summed E-state index contributed by atoms with van der Waals surface area (Å²) >= 11 is 0. The van der Waals surface area contributed by atoms with Crippen LogP contribution in [-0.4, -0.2) is 39.1 Å². The van der Waals surface area contributed by atoms with Crippen LogP contribution >= 0.6 is 0 Å². The molecule has 1 aliphatic heterocycles. The van der Waals surface area contributed by atoms with Crippen LogP contribution < -0.4 is 0 Å². The highest BCUT2D eigenvalue weighted by Crippen LogP contribution is 2.09. The summed E-state index contributed by atoms with van der Waals surface area (Å²) < 4.78 is 15.7. The van der Waals surface area contributed by atoms with Crippen molar-refractivity contribution < 1.29 is 14.2 Å². The lowest BCUT2D eigenvalue weighted by atomic mass is 10.2. The van der Waals surface area contributed by atoms with Crippen LogP contribution in [0.25, 0.3) is 0 Å². The SMILES string of the molecule is CCOCCCCCCOCC1CO1. The molecule has 0 radical (unpaired) electrons. The zero-order valence-corrected chi connectivity index (χ0v) is 9.17. The molecule has 0 aromatic heterocycles. The first-order valence-electron chi connectivity index (χ1n) is 5.70. The van der Waals surface area contributed by atoms with Crippen molar-refractivity contribution in [3.8, 4) is 0 Å². The number of hydrogen-bond acceptors (Lipinski definition) is 3. The monoisotopic (exact) mass is 202 g/mol. The first kappa shape index (κ1) is 12.0. The summed E-state index contributed by atoms with van der Waals surface area (Å²) in [5.41, 5.74) is 0.